The molecule has 1 saturated carbocycles. The van der Waals surface area contributed by atoms with Gasteiger partial charge in [0.05, 0.1) is 5.02 Å². The van der Waals surface area contributed by atoms with E-state index in [1.807, 2.05) is 11.8 Å². The lowest BCUT2D eigenvalue weighted by atomic mass is 10.1. The van der Waals surface area contributed by atoms with Gasteiger partial charge in [-0.2, -0.15) is 11.8 Å². The molecule has 2 nitrogen and oxygen atoms in total. The van der Waals surface area contributed by atoms with Crippen molar-refractivity contribution in [3.8, 4) is 5.75 Å². The number of rotatable bonds is 5. The minimum atomic E-state index is 0.128. The van der Waals surface area contributed by atoms with Crippen molar-refractivity contribution in [3.63, 3.8) is 0 Å². The van der Waals surface area contributed by atoms with Crippen molar-refractivity contribution in [1.29, 1.82) is 0 Å². The topological polar surface area (TPSA) is 32.3 Å². The zero-order valence-electron chi connectivity index (χ0n) is 11.0. The van der Waals surface area contributed by atoms with Gasteiger partial charge in [-0.25, -0.2) is 0 Å². The summed E-state index contributed by atoms with van der Waals surface area (Å²) in [5.41, 5.74) is 0.756. The first kappa shape index (κ1) is 15.3. The third-order valence-corrected chi connectivity index (χ3v) is 5.74. The van der Waals surface area contributed by atoms with Crippen molar-refractivity contribution in [2.45, 2.75) is 37.0 Å². The molecule has 1 aliphatic rings. The Labute approximate surface area is 128 Å². The van der Waals surface area contributed by atoms with Crippen LogP contribution in [0.4, 0.5) is 0 Å². The average molecular weight is 320 g/mol. The lowest BCUT2D eigenvalue weighted by molar-refractivity contribution is 0.460. The summed E-state index contributed by atoms with van der Waals surface area (Å²) in [6.45, 7) is 1.55. The largest absolute Gasteiger partial charge is 0.506 e. The molecule has 2 N–H and O–H groups in total. The maximum atomic E-state index is 9.90. The average Bonchev–Trinajstić information content (AvgIpc) is 2.84. The molecular formula is C14H19Cl2NOS. The highest BCUT2D eigenvalue weighted by molar-refractivity contribution is 8.00. The summed E-state index contributed by atoms with van der Waals surface area (Å²) < 4.78 is 0.359. The molecule has 0 aliphatic heterocycles. The minimum Gasteiger partial charge on any atom is -0.506 e. The number of nitrogens with one attached hydrogen (secondary N) is 1. The van der Waals surface area contributed by atoms with Gasteiger partial charge in [0, 0.05) is 28.4 Å². The van der Waals surface area contributed by atoms with Crippen molar-refractivity contribution < 1.29 is 5.11 Å². The highest BCUT2D eigenvalue weighted by Gasteiger charge is 2.32. The predicted octanol–water partition coefficient (Wildman–Crippen LogP) is 4.46. The molecule has 0 aromatic heterocycles. The molecule has 106 valence electrons. The summed E-state index contributed by atoms with van der Waals surface area (Å²) in [7, 11) is 0. The van der Waals surface area contributed by atoms with Crippen LogP contribution in [0, 0.1) is 0 Å². The molecule has 2 rings (SSSR count). The van der Waals surface area contributed by atoms with Crippen LogP contribution in [0.2, 0.25) is 10.0 Å². The van der Waals surface area contributed by atoms with Gasteiger partial charge in [-0.3, -0.25) is 0 Å². The van der Waals surface area contributed by atoms with Gasteiger partial charge in [0.2, 0.25) is 0 Å². The molecule has 0 unspecified atom stereocenters. The summed E-state index contributed by atoms with van der Waals surface area (Å²) in [5.74, 6) is 0.128. The van der Waals surface area contributed by atoms with Gasteiger partial charge in [0.15, 0.2) is 0 Å². The maximum Gasteiger partial charge on any atom is 0.138 e. The second kappa shape index (κ2) is 6.57. The molecule has 5 heteroatoms. The maximum absolute atomic E-state index is 9.90. The molecule has 0 atom stereocenters. The third-order valence-electron chi connectivity index (χ3n) is 3.82. The number of halogens is 2. The van der Waals surface area contributed by atoms with Crippen molar-refractivity contribution in [3.05, 3.63) is 27.7 Å². The first-order valence-corrected chi connectivity index (χ1v) is 8.47. The molecule has 19 heavy (non-hydrogen) atoms. The molecule has 0 radical (unpaired) electrons. The van der Waals surface area contributed by atoms with Gasteiger partial charge >= 0.3 is 0 Å². The number of phenolic OH excluding ortho intramolecular Hbond substituents is 1. The second-order valence-corrected chi connectivity index (χ2v) is 7.21. The second-order valence-electron chi connectivity index (χ2n) is 5.09. The smallest absolute Gasteiger partial charge is 0.138 e. The van der Waals surface area contributed by atoms with Gasteiger partial charge in [0.1, 0.15) is 5.75 Å². The number of benzene rings is 1. The number of phenols is 1. The SMILES string of the molecule is CSC1(CNCc2cc(Cl)cc(Cl)c2O)CCCC1. The Kier molecular flexibility index (Phi) is 5.29. The van der Waals surface area contributed by atoms with Crippen LogP contribution in [0.1, 0.15) is 31.2 Å². The molecular weight excluding hydrogens is 301 g/mol. The van der Waals surface area contributed by atoms with Crippen LogP contribution in [0.3, 0.4) is 0 Å². The minimum absolute atomic E-state index is 0.128. The first-order valence-electron chi connectivity index (χ1n) is 6.49. The van der Waals surface area contributed by atoms with Crippen LogP contribution >= 0.6 is 35.0 Å². The van der Waals surface area contributed by atoms with E-state index in [1.165, 1.54) is 25.7 Å². The van der Waals surface area contributed by atoms with Crippen LogP contribution in [-0.2, 0) is 6.54 Å². The number of aromatic hydroxyl groups is 1. The van der Waals surface area contributed by atoms with Crippen molar-refractivity contribution >= 4 is 35.0 Å². The molecule has 0 saturated heterocycles. The van der Waals surface area contributed by atoms with E-state index < -0.39 is 0 Å². The zero-order valence-corrected chi connectivity index (χ0v) is 13.3. The van der Waals surface area contributed by atoms with E-state index in [0.717, 1.165) is 12.1 Å². The predicted molar refractivity (Wildman–Crippen MR) is 84.5 cm³/mol. The molecule has 0 bridgehead atoms. The van der Waals surface area contributed by atoms with Crippen molar-refractivity contribution in [2.75, 3.05) is 12.8 Å². The Morgan fingerprint density at radius 2 is 2.00 bits per heavy atom. The zero-order chi connectivity index (χ0) is 13.9. The van der Waals surface area contributed by atoms with Crippen LogP contribution in [0.5, 0.6) is 5.75 Å². The van der Waals surface area contributed by atoms with Gasteiger partial charge in [0.25, 0.3) is 0 Å². The summed E-state index contributed by atoms with van der Waals surface area (Å²) >= 11 is 13.8. The fourth-order valence-corrected chi connectivity index (χ4v) is 4.13. The van der Waals surface area contributed by atoms with Crippen molar-refractivity contribution in [1.82, 2.24) is 5.32 Å². The molecule has 1 aromatic carbocycles. The van der Waals surface area contributed by atoms with E-state index in [2.05, 4.69) is 11.6 Å². The van der Waals surface area contributed by atoms with Crippen LogP contribution in [0.15, 0.2) is 12.1 Å². The summed E-state index contributed by atoms with van der Waals surface area (Å²) in [5, 5.41) is 14.2. The summed E-state index contributed by atoms with van der Waals surface area (Å²) in [4.78, 5) is 0. The Hall–Kier alpha value is -0.0900. The lowest BCUT2D eigenvalue weighted by Crippen LogP contribution is -2.34. The Balaban J connectivity index is 1.96. The molecule has 1 aliphatic carbocycles. The molecule has 0 spiro atoms. The van der Waals surface area contributed by atoms with Gasteiger partial charge in [-0.05, 0) is 31.2 Å². The highest BCUT2D eigenvalue weighted by Crippen LogP contribution is 2.39. The van der Waals surface area contributed by atoms with Crippen LogP contribution in [-0.4, -0.2) is 22.7 Å². The summed E-state index contributed by atoms with van der Waals surface area (Å²) in [6, 6.07) is 3.32. The van der Waals surface area contributed by atoms with Gasteiger partial charge in [-0.1, -0.05) is 36.0 Å². The molecule has 1 aromatic rings. The molecule has 1 fully saturated rings. The van der Waals surface area contributed by atoms with Gasteiger partial charge < -0.3 is 10.4 Å². The number of hydrogen-bond acceptors (Lipinski definition) is 3. The highest BCUT2D eigenvalue weighted by atomic mass is 35.5. The van der Waals surface area contributed by atoms with E-state index >= 15 is 0 Å². The standard InChI is InChI=1S/C14H19Cl2NOS/c1-19-14(4-2-3-5-14)9-17-8-10-6-11(15)7-12(16)13(10)18/h6-7,17-18H,2-5,8-9H2,1H3. The fraction of sp³-hybridized carbons (Fsp3) is 0.571. The van der Waals surface area contributed by atoms with E-state index in [4.69, 9.17) is 23.2 Å². The Morgan fingerprint density at radius 3 is 2.63 bits per heavy atom. The van der Waals surface area contributed by atoms with Crippen LogP contribution in [0.25, 0.3) is 0 Å². The quantitative estimate of drug-likeness (QED) is 0.840. The van der Waals surface area contributed by atoms with E-state index in [1.54, 1.807) is 12.1 Å². The lowest BCUT2D eigenvalue weighted by Gasteiger charge is -2.27. The van der Waals surface area contributed by atoms with E-state index in [9.17, 15) is 5.11 Å². The third kappa shape index (κ3) is 3.72. The normalized spacial score (nSPS) is 17.8. The summed E-state index contributed by atoms with van der Waals surface area (Å²) in [6.07, 6.45) is 7.35. The van der Waals surface area contributed by atoms with E-state index in [0.29, 0.717) is 21.3 Å². The van der Waals surface area contributed by atoms with Gasteiger partial charge in [-0.15, -0.1) is 0 Å². The Morgan fingerprint density at radius 1 is 1.32 bits per heavy atom. The Bertz CT molecular complexity index is 447. The number of hydrogen-bond donors (Lipinski definition) is 2. The fourth-order valence-electron chi connectivity index (χ4n) is 2.65. The number of thioether (sulfide) groups is 1. The van der Waals surface area contributed by atoms with E-state index in [-0.39, 0.29) is 5.75 Å². The first-order chi connectivity index (χ1) is 9.06. The van der Waals surface area contributed by atoms with Crippen LogP contribution < -0.4 is 5.32 Å². The molecule has 0 amide bonds. The van der Waals surface area contributed by atoms with Crippen molar-refractivity contribution in [2.24, 2.45) is 0 Å². The molecule has 0 heterocycles. The monoisotopic (exact) mass is 319 g/mol.